The lowest BCUT2D eigenvalue weighted by Gasteiger charge is -2.06. The van der Waals surface area contributed by atoms with Gasteiger partial charge in [-0.15, -0.1) is 0 Å². The van der Waals surface area contributed by atoms with Crippen LogP contribution in [0.1, 0.15) is 0 Å². The fourth-order valence-corrected chi connectivity index (χ4v) is 1.61. The monoisotopic (exact) mass is 317 g/mol. The van der Waals surface area contributed by atoms with Crippen LogP contribution in [-0.2, 0) is 0 Å². The Balaban J connectivity index is 2.35. The molecule has 17 heavy (non-hydrogen) atoms. The van der Waals surface area contributed by atoms with E-state index in [0.29, 0.717) is 11.5 Å². The lowest BCUT2D eigenvalue weighted by molar-refractivity contribution is 0.629. The zero-order chi connectivity index (χ0) is 12.4. The van der Waals surface area contributed by atoms with Crippen LogP contribution in [0.5, 0.6) is 0 Å². The van der Waals surface area contributed by atoms with Crippen molar-refractivity contribution in [1.82, 2.24) is 9.97 Å². The van der Waals surface area contributed by atoms with E-state index in [-0.39, 0.29) is 15.1 Å². The molecular formula is C10H6BrClFN3O. The summed E-state index contributed by atoms with van der Waals surface area (Å²) in [6.45, 7) is 0. The van der Waals surface area contributed by atoms with Gasteiger partial charge in [0.15, 0.2) is 5.82 Å². The molecule has 1 aromatic heterocycles. The molecule has 0 atom stereocenters. The van der Waals surface area contributed by atoms with Crippen molar-refractivity contribution in [1.29, 1.82) is 0 Å². The largest absolute Gasteiger partial charge is 0.339 e. The quantitative estimate of drug-likeness (QED) is 0.894. The van der Waals surface area contributed by atoms with Crippen molar-refractivity contribution < 1.29 is 4.39 Å². The molecule has 0 aliphatic rings. The molecule has 0 aliphatic carbocycles. The Kier molecular flexibility index (Phi) is 3.44. The minimum absolute atomic E-state index is 0.0356. The smallest absolute Gasteiger partial charge is 0.267 e. The van der Waals surface area contributed by atoms with E-state index in [4.69, 9.17) is 11.6 Å². The maximum Gasteiger partial charge on any atom is 0.267 e. The summed E-state index contributed by atoms with van der Waals surface area (Å²) in [4.78, 5) is 17.6. The molecule has 0 amide bonds. The van der Waals surface area contributed by atoms with E-state index in [1.807, 2.05) is 0 Å². The molecule has 0 aliphatic heterocycles. The van der Waals surface area contributed by atoms with E-state index in [0.717, 1.165) is 0 Å². The third kappa shape index (κ3) is 2.65. The van der Waals surface area contributed by atoms with Gasteiger partial charge in [0.05, 0.1) is 11.3 Å². The van der Waals surface area contributed by atoms with E-state index >= 15 is 0 Å². The van der Waals surface area contributed by atoms with Crippen LogP contribution in [0.3, 0.4) is 0 Å². The molecule has 2 rings (SSSR count). The van der Waals surface area contributed by atoms with Gasteiger partial charge in [0.25, 0.3) is 5.56 Å². The second kappa shape index (κ2) is 4.85. The van der Waals surface area contributed by atoms with Gasteiger partial charge in [0.1, 0.15) is 10.3 Å². The topological polar surface area (TPSA) is 57.8 Å². The lowest BCUT2D eigenvalue weighted by atomic mass is 10.3. The average molecular weight is 319 g/mol. The first-order valence-corrected chi connectivity index (χ1v) is 5.70. The van der Waals surface area contributed by atoms with Crippen LogP contribution in [0.15, 0.2) is 33.8 Å². The summed E-state index contributed by atoms with van der Waals surface area (Å²) in [6, 6.07) is 4.22. The van der Waals surface area contributed by atoms with Gasteiger partial charge in [-0.25, -0.2) is 9.37 Å². The third-order valence-electron chi connectivity index (χ3n) is 1.98. The highest BCUT2D eigenvalue weighted by Crippen LogP contribution is 2.23. The highest BCUT2D eigenvalue weighted by atomic mass is 79.9. The van der Waals surface area contributed by atoms with Gasteiger partial charge in [-0.1, -0.05) is 11.6 Å². The number of aromatic nitrogens is 2. The van der Waals surface area contributed by atoms with E-state index in [9.17, 15) is 9.18 Å². The molecule has 1 heterocycles. The number of nitrogens with one attached hydrogen (secondary N) is 2. The van der Waals surface area contributed by atoms with Gasteiger partial charge >= 0.3 is 0 Å². The standard InChI is InChI=1S/C10H6BrClFN3O/c11-8-9(14-4-15-10(8)17)16-5-1-2-6(12)7(13)3-5/h1-4H,(H2,14,15,16,17). The van der Waals surface area contributed by atoms with E-state index < -0.39 is 5.82 Å². The summed E-state index contributed by atoms with van der Waals surface area (Å²) >= 11 is 8.64. The minimum Gasteiger partial charge on any atom is -0.339 e. The van der Waals surface area contributed by atoms with Crippen molar-refractivity contribution in [3.05, 3.63) is 50.2 Å². The first-order valence-electron chi connectivity index (χ1n) is 4.53. The Labute approximate surface area is 109 Å². The van der Waals surface area contributed by atoms with Crippen LogP contribution >= 0.6 is 27.5 Å². The molecule has 0 saturated heterocycles. The molecule has 2 N–H and O–H groups in total. The van der Waals surface area contributed by atoms with Gasteiger partial charge in [-0.05, 0) is 34.1 Å². The molecule has 0 saturated carbocycles. The van der Waals surface area contributed by atoms with Crippen molar-refractivity contribution in [3.8, 4) is 0 Å². The first kappa shape index (κ1) is 12.1. The number of nitrogens with zero attached hydrogens (tertiary/aromatic N) is 1. The minimum atomic E-state index is -0.544. The van der Waals surface area contributed by atoms with E-state index in [2.05, 4.69) is 31.2 Å². The van der Waals surface area contributed by atoms with Crippen LogP contribution in [-0.4, -0.2) is 9.97 Å². The maximum atomic E-state index is 13.2. The summed E-state index contributed by atoms with van der Waals surface area (Å²) in [5.74, 6) is -0.242. The average Bonchev–Trinajstić information content (AvgIpc) is 2.30. The van der Waals surface area contributed by atoms with Gasteiger partial charge in [0, 0.05) is 5.69 Å². The SMILES string of the molecule is O=c1[nH]cnc(Nc2ccc(Cl)c(F)c2)c1Br. The van der Waals surface area contributed by atoms with Crippen molar-refractivity contribution >= 4 is 39.0 Å². The zero-order valence-corrected chi connectivity index (χ0v) is 10.6. The summed E-state index contributed by atoms with van der Waals surface area (Å²) in [7, 11) is 0. The normalized spacial score (nSPS) is 10.3. The Morgan fingerprint density at radius 1 is 1.47 bits per heavy atom. The second-order valence-electron chi connectivity index (χ2n) is 3.15. The summed E-state index contributed by atoms with van der Waals surface area (Å²) in [6.07, 6.45) is 1.25. The fourth-order valence-electron chi connectivity index (χ4n) is 1.18. The number of halogens is 3. The van der Waals surface area contributed by atoms with Gasteiger partial charge < -0.3 is 10.3 Å². The Morgan fingerprint density at radius 2 is 2.24 bits per heavy atom. The van der Waals surface area contributed by atoms with Crippen molar-refractivity contribution in [2.24, 2.45) is 0 Å². The van der Waals surface area contributed by atoms with Crippen LogP contribution in [0.2, 0.25) is 5.02 Å². The molecule has 0 radical (unpaired) electrons. The molecule has 88 valence electrons. The number of benzene rings is 1. The highest BCUT2D eigenvalue weighted by Gasteiger charge is 2.07. The molecular weight excluding hydrogens is 312 g/mol. The number of aromatic amines is 1. The van der Waals surface area contributed by atoms with E-state index in [1.54, 1.807) is 6.07 Å². The molecule has 0 spiro atoms. The van der Waals surface area contributed by atoms with Crippen LogP contribution in [0, 0.1) is 5.82 Å². The number of hydrogen-bond acceptors (Lipinski definition) is 3. The van der Waals surface area contributed by atoms with Crippen molar-refractivity contribution in [3.63, 3.8) is 0 Å². The van der Waals surface area contributed by atoms with Crippen LogP contribution < -0.4 is 10.9 Å². The molecule has 7 heteroatoms. The Hall–Kier alpha value is -1.40. The molecule has 0 unspecified atom stereocenters. The molecule has 2 aromatic rings. The number of H-pyrrole nitrogens is 1. The molecule has 0 fully saturated rings. The second-order valence-corrected chi connectivity index (χ2v) is 4.35. The summed E-state index contributed by atoms with van der Waals surface area (Å²) < 4.78 is 13.4. The zero-order valence-electron chi connectivity index (χ0n) is 8.30. The van der Waals surface area contributed by atoms with Crippen LogP contribution in [0.4, 0.5) is 15.9 Å². The fraction of sp³-hybridized carbons (Fsp3) is 0. The molecule has 0 bridgehead atoms. The van der Waals surface area contributed by atoms with Crippen molar-refractivity contribution in [2.45, 2.75) is 0 Å². The van der Waals surface area contributed by atoms with Gasteiger partial charge in [-0.2, -0.15) is 0 Å². The maximum absolute atomic E-state index is 13.2. The molecule has 1 aromatic carbocycles. The van der Waals surface area contributed by atoms with Gasteiger partial charge in [-0.3, -0.25) is 4.79 Å². The van der Waals surface area contributed by atoms with Crippen LogP contribution in [0.25, 0.3) is 0 Å². The molecule has 4 nitrogen and oxygen atoms in total. The Morgan fingerprint density at radius 3 is 2.94 bits per heavy atom. The third-order valence-corrected chi connectivity index (χ3v) is 3.02. The predicted octanol–water partition coefficient (Wildman–Crippen LogP) is 3.07. The first-order chi connectivity index (χ1) is 8.08. The highest BCUT2D eigenvalue weighted by molar-refractivity contribution is 9.10. The Bertz CT molecular complexity index is 617. The number of anilines is 2. The van der Waals surface area contributed by atoms with Crippen molar-refractivity contribution in [2.75, 3.05) is 5.32 Å². The summed E-state index contributed by atoms with van der Waals surface area (Å²) in [5, 5.41) is 2.84. The number of rotatable bonds is 2. The number of hydrogen-bond donors (Lipinski definition) is 2. The summed E-state index contributed by atoms with van der Waals surface area (Å²) in [5.41, 5.74) is 0.127. The lowest BCUT2D eigenvalue weighted by Crippen LogP contribution is -2.10. The van der Waals surface area contributed by atoms with Gasteiger partial charge in [0.2, 0.25) is 0 Å². The predicted molar refractivity (Wildman–Crippen MR) is 67.3 cm³/mol. The van der Waals surface area contributed by atoms with E-state index in [1.165, 1.54) is 18.5 Å².